The summed E-state index contributed by atoms with van der Waals surface area (Å²) in [5.74, 6) is 0.899. The molecule has 1 saturated carbocycles. The normalized spacial score (nSPS) is 21.4. The largest absolute Gasteiger partial charge is 0.398 e. The molecule has 1 atom stereocenters. The highest BCUT2D eigenvalue weighted by Gasteiger charge is 2.54. The van der Waals surface area contributed by atoms with Crippen molar-refractivity contribution in [2.75, 3.05) is 30.3 Å². The van der Waals surface area contributed by atoms with Crippen LogP contribution in [-0.4, -0.2) is 61.5 Å². The summed E-state index contributed by atoms with van der Waals surface area (Å²) in [6, 6.07) is 2.44. The molecule has 1 aliphatic carbocycles. The molecule has 10 heteroatoms. The number of hydrogen-bond acceptors (Lipinski definition) is 6. The van der Waals surface area contributed by atoms with Gasteiger partial charge in [0, 0.05) is 83.3 Å². The van der Waals surface area contributed by atoms with Gasteiger partial charge in [0.25, 0.3) is 0 Å². The number of carbonyl (C=O) groups is 1. The van der Waals surface area contributed by atoms with Crippen molar-refractivity contribution < 1.29 is 4.79 Å². The molecule has 3 fully saturated rings. The number of aryl methyl sites for hydroxylation is 1. The van der Waals surface area contributed by atoms with Crippen LogP contribution >= 0.6 is 11.6 Å². The summed E-state index contributed by atoms with van der Waals surface area (Å²) in [6.45, 7) is 14.6. The number of anilines is 2. The lowest BCUT2D eigenvalue weighted by molar-refractivity contribution is -0.149. The number of nitrogens with one attached hydrogen (secondary N) is 1. The van der Waals surface area contributed by atoms with Crippen LogP contribution < -0.4 is 10.6 Å². The number of benzene rings is 1. The first-order chi connectivity index (χ1) is 19.5. The van der Waals surface area contributed by atoms with Gasteiger partial charge in [-0.2, -0.15) is 5.10 Å². The lowest BCUT2D eigenvalue weighted by Crippen LogP contribution is -2.63. The Morgan fingerprint density at radius 1 is 1.20 bits per heavy atom. The highest BCUT2D eigenvalue weighted by Crippen LogP contribution is 2.56. The second-order valence-corrected chi connectivity index (χ2v) is 13.2. The van der Waals surface area contributed by atoms with Crippen LogP contribution in [0.15, 0.2) is 37.4 Å². The van der Waals surface area contributed by atoms with E-state index in [9.17, 15) is 4.79 Å². The number of hydrogen-bond donors (Lipinski definition) is 2. The van der Waals surface area contributed by atoms with E-state index in [1.807, 2.05) is 36.6 Å². The van der Waals surface area contributed by atoms with Crippen molar-refractivity contribution in [3.8, 4) is 11.1 Å². The monoisotopic (exact) mass is 574 g/mol. The second kappa shape index (κ2) is 9.76. The summed E-state index contributed by atoms with van der Waals surface area (Å²) in [4.78, 5) is 20.6. The summed E-state index contributed by atoms with van der Waals surface area (Å²) in [5, 5.41) is 14.2. The van der Waals surface area contributed by atoms with Gasteiger partial charge in [0.15, 0.2) is 5.82 Å². The SMILES string of the molecule is C=CC(=O)N1CC2(CC(n3nc(N4CCC(n5ccnc5)CC4(C)C)c(-c4c(Cl)c(C)cc(N)c4C=N)c3C)C2)C1. The summed E-state index contributed by atoms with van der Waals surface area (Å²) >= 11 is 7.03. The molecule has 1 amide bonds. The number of halogens is 1. The number of rotatable bonds is 6. The van der Waals surface area contributed by atoms with Gasteiger partial charge < -0.3 is 25.5 Å². The Labute approximate surface area is 246 Å². The van der Waals surface area contributed by atoms with Crippen molar-refractivity contribution in [2.45, 2.75) is 71.0 Å². The van der Waals surface area contributed by atoms with Crippen molar-refractivity contribution in [3.63, 3.8) is 0 Å². The number of nitrogen functional groups attached to an aromatic ring is 1. The number of imidazole rings is 1. The minimum atomic E-state index is -0.194. The van der Waals surface area contributed by atoms with Crippen molar-refractivity contribution >= 4 is 35.2 Å². The second-order valence-electron chi connectivity index (χ2n) is 12.8. The molecular weight excluding hydrogens is 536 g/mol. The number of amides is 1. The minimum absolute atomic E-state index is 0.00564. The molecule has 1 unspecified atom stereocenters. The Balaban J connectivity index is 1.41. The van der Waals surface area contributed by atoms with Crippen molar-refractivity contribution in [1.29, 1.82) is 5.41 Å². The third-order valence-electron chi connectivity index (χ3n) is 9.62. The number of nitrogens with zero attached hydrogens (tertiary/aromatic N) is 6. The van der Waals surface area contributed by atoms with Gasteiger partial charge in [-0.3, -0.25) is 9.48 Å². The van der Waals surface area contributed by atoms with Crippen molar-refractivity contribution in [2.24, 2.45) is 5.41 Å². The quantitative estimate of drug-likeness (QED) is 0.227. The Morgan fingerprint density at radius 3 is 2.54 bits per heavy atom. The van der Waals surface area contributed by atoms with Crippen LogP contribution in [0.25, 0.3) is 11.1 Å². The molecule has 3 aromatic rings. The first-order valence-corrected chi connectivity index (χ1v) is 14.7. The molecule has 2 aromatic heterocycles. The maximum atomic E-state index is 12.1. The molecule has 1 aromatic carbocycles. The molecule has 2 saturated heterocycles. The van der Waals surface area contributed by atoms with Gasteiger partial charge in [0.1, 0.15) is 0 Å². The van der Waals surface area contributed by atoms with Gasteiger partial charge in [-0.15, -0.1) is 0 Å². The van der Waals surface area contributed by atoms with Crippen LogP contribution in [0.1, 0.15) is 68.4 Å². The third-order valence-corrected chi connectivity index (χ3v) is 10.1. The van der Waals surface area contributed by atoms with Crippen LogP contribution in [-0.2, 0) is 4.79 Å². The summed E-state index contributed by atoms with van der Waals surface area (Å²) < 4.78 is 4.39. The van der Waals surface area contributed by atoms with Crippen LogP contribution in [0.4, 0.5) is 11.5 Å². The zero-order chi connectivity index (χ0) is 29.3. The maximum Gasteiger partial charge on any atom is 0.245 e. The lowest BCUT2D eigenvalue weighted by atomic mass is 9.60. The summed E-state index contributed by atoms with van der Waals surface area (Å²) in [5.41, 5.74) is 11.2. The zero-order valence-electron chi connectivity index (χ0n) is 24.3. The zero-order valence-corrected chi connectivity index (χ0v) is 25.1. The summed E-state index contributed by atoms with van der Waals surface area (Å²) in [6.07, 6.45) is 12.4. The molecule has 0 bridgehead atoms. The number of piperidine rings is 1. The van der Waals surface area contributed by atoms with Gasteiger partial charge in [-0.1, -0.05) is 18.2 Å². The number of nitrogens with two attached hydrogens (primary N) is 1. The molecule has 9 nitrogen and oxygen atoms in total. The number of likely N-dealkylation sites (tertiary alicyclic amines) is 1. The van der Waals surface area contributed by atoms with Crippen LogP contribution in [0.5, 0.6) is 0 Å². The molecule has 2 aliphatic heterocycles. The van der Waals surface area contributed by atoms with E-state index in [1.54, 1.807) is 0 Å². The van der Waals surface area contributed by atoms with E-state index in [2.05, 4.69) is 46.5 Å². The highest BCUT2D eigenvalue weighted by molar-refractivity contribution is 6.35. The van der Waals surface area contributed by atoms with Crippen LogP contribution in [0, 0.1) is 24.7 Å². The van der Waals surface area contributed by atoms with Gasteiger partial charge in [-0.05, 0) is 71.1 Å². The van der Waals surface area contributed by atoms with Crippen LogP contribution in [0.3, 0.4) is 0 Å². The molecule has 4 heterocycles. The molecule has 6 rings (SSSR count). The Morgan fingerprint density at radius 2 is 1.93 bits per heavy atom. The molecule has 216 valence electrons. The smallest absolute Gasteiger partial charge is 0.245 e. The molecule has 3 N–H and O–H groups in total. The van der Waals surface area contributed by atoms with Crippen molar-refractivity contribution in [3.05, 3.63) is 59.3 Å². The van der Waals surface area contributed by atoms with E-state index in [0.717, 1.165) is 73.5 Å². The van der Waals surface area contributed by atoms with E-state index in [4.69, 9.17) is 27.8 Å². The average Bonchev–Trinajstić information content (AvgIpc) is 3.52. The minimum Gasteiger partial charge on any atom is -0.398 e. The predicted molar refractivity (Wildman–Crippen MR) is 164 cm³/mol. The maximum absolute atomic E-state index is 12.1. The topological polar surface area (TPSA) is 109 Å². The number of carbonyl (C=O) groups excluding carboxylic acids is 1. The fraction of sp³-hybridized carbons (Fsp3) is 0.484. The van der Waals surface area contributed by atoms with Crippen molar-refractivity contribution in [1.82, 2.24) is 24.2 Å². The summed E-state index contributed by atoms with van der Waals surface area (Å²) in [7, 11) is 0. The first-order valence-electron chi connectivity index (χ1n) is 14.3. The third kappa shape index (κ3) is 4.36. The first kappa shape index (κ1) is 27.6. The van der Waals surface area contributed by atoms with Gasteiger partial charge in [-0.25, -0.2) is 4.98 Å². The van der Waals surface area contributed by atoms with Gasteiger partial charge in [0.2, 0.25) is 5.91 Å². The van der Waals surface area contributed by atoms with E-state index in [1.165, 1.54) is 12.3 Å². The lowest BCUT2D eigenvalue weighted by Gasteiger charge is -2.58. The molecule has 1 spiro atoms. The fourth-order valence-corrected chi connectivity index (χ4v) is 7.75. The van der Waals surface area contributed by atoms with E-state index in [-0.39, 0.29) is 22.9 Å². The fourth-order valence-electron chi connectivity index (χ4n) is 7.50. The number of aromatic nitrogens is 4. The Bertz CT molecular complexity index is 1520. The Kier molecular flexibility index (Phi) is 6.56. The highest BCUT2D eigenvalue weighted by atomic mass is 35.5. The van der Waals surface area contributed by atoms with E-state index < -0.39 is 0 Å². The van der Waals surface area contributed by atoms with E-state index in [0.29, 0.717) is 22.3 Å². The van der Waals surface area contributed by atoms with Crippen LogP contribution in [0.2, 0.25) is 5.02 Å². The van der Waals surface area contributed by atoms with E-state index >= 15 is 0 Å². The molecule has 0 radical (unpaired) electrons. The average molecular weight is 575 g/mol. The Hall–Kier alpha value is -3.59. The standard InChI is InChI=1S/C31H39ClN8O/c1-6-25(41)38-16-31(17-38)13-22(14-31)40-20(3)26(27-23(15-33)24(34)11-19(2)28(27)32)29(36-40)39-9-7-21(12-30(39,4)5)37-10-8-35-18-37/h6,8,10-11,15,18,21-22,33H,1,7,9,12-14,16-17,34H2,2-5H3. The molecule has 3 aliphatic rings. The molecule has 41 heavy (non-hydrogen) atoms. The van der Waals surface area contributed by atoms with Gasteiger partial charge in [0.05, 0.1) is 17.4 Å². The molecular formula is C31H39ClN8O. The van der Waals surface area contributed by atoms with Gasteiger partial charge >= 0.3 is 0 Å². The predicted octanol–water partition coefficient (Wildman–Crippen LogP) is 5.57.